The van der Waals surface area contributed by atoms with Crippen molar-refractivity contribution >= 4 is 40.2 Å². The molecular weight excluding hydrogens is 490 g/mol. The molecule has 2 aromatic carbocycles. The van der Waals surface area contributed by atoms with Gasteiger partial charge in [-0.1, -0.05) is 42.5 Å². The number of hydrogen-bond acceptors (Lipinski definition) is 9. The molecule has 0 radical (unpaired) electrons. The Labute approximate surface area is 223 Å². The lowest BCUT2D eigenvalue weighted by Crippen LogP contribution is -2.59. The van der Waals surface area contributed by atoms with Crippen LogP contribution >= 0.6 is 11.8 Å². The number of fused-ring (bicyclic) bond motifs is 1. The minimum absolute atomic E-state index is 0.0233. The van der Waals surface area contributed by atoms with Gasteiger partial charge in [-0.15, -0.1) is 0 Å². The number of nitrogens with zero attached hydrogens (tertiary/aromatic N) is 1. The molecule has 202 valence electrons. The molecular formula is C27H39N5O4S. The van der Waals surface area contributed by atoms with Gasteiger partial charge < -0.3 is 26.8 Å². The Balaban J connectivity index is 1.94. The summed E-state index contributed by atoms with van der Waals surface area (Å²) < 4.78 is 4.90. The molecule has 2 aromatic rings. The highest BCUT2D eigenvalue weighted by Crippen LogP contribution is 2.24. The molecule has 1 heterocycles. The van der Waals surface area contributed by atoms with E-state index < -0.39 is 24.1 Å². The smallest absolute Gasteiger partial charge is 0.328 e. The summed E-state index contributed by atoms with van der Waals surface area (Å²) >= 11 is 1.58. The number of rotatable bonds is 14. The van der Waals surface area contributed by atoms with E-state index in [1.165, 1.54) is 7.11 Å². The number of carbonyl (C=O) groups excluding carboxylic acids is 3. The van der Waals surface area contributed by atoms with Gasteiger partial charge in [0.1, 0.15) is 6.04 Å². The van der Waals surface area contributed by atoms with Gasteiger partial charge in [0.2, 0.25) is 5.91 Å². The lowest BCUT2D eigenvalue weighted by atomic mass is 9.94. The van der Waals surface area contributed by atoms with Crippen LogP contribution in [0.15, 0.2) is 42.5 Å². The maximum Gasteiger partial charge on any atom is 0.328 e. The maximum absolute atomic E-state index is 13.6. The molecule has 1 aliphatic heterocycles. The maximum atomic E-state index is 13.6. The molecule has 0 saturated carbocycles. The normalized spacial score (nSPS) is 17.9. The van der Waals surface area contributed by atoms with Crippen molar-refractivity contribution in [1.82, 2.24) is 15.5 Å². The summed E-state index contributed by atoms with van der Waals surface area (Å²) in [5.74, 6) is -0.341. The summed E-state index contributed by atoms with van der Waals surface area (Å²) in [5.41, 5.74) is 12.9. The molecule has 0 aromatic heterocycles. The highest BCUT2D eigenvalue weighted by molar-refractivity contribution is 7.98. The summed E-state index contributed by atoms with van der Waals surface area (Å²) in [4.78, 5) is 41.1. The van der Waals surface area contributed by atoms with Crippen molar-refractivity contribution in [3.63, 3.8) is 0 Å². The van der Waals surface area contributed by atoms with Gasteiger partial charge in [0.25, 0.3) is 0 Å². The van der Waals surface area contributed by atoms with Gasteiger partial charge in [0, 0.05) is 19.1 Å². The topological polar surface area (TPSA) is 140 Å². The third kappa shape index (κ3) is 7.75. The number of thioether (sulfide) groups is 1. The molecule has 2 unspecified atom stereocenters. The molecule has 3 rings (SSSR count). The number of methoxy groups -OCH3 is 1. The number of hydrogen-bond donors (Lipinski definition) is 4. The van der Waals surface area contributed by atoms with Gasteiger partial charge in [-0.25, -0.2) is 4.79 Å². The predicted molar refractivity (Wildman–Crippen MR) is 148 cm³/mol. The number of amides is 1. The number of ketones is 1. The predicted octanol–water partition coefficient (Wildman–Crippen LogP) is 1.03. The van der Waals surface area contributed by atoms with Crippen molar-refractivity contribution in [3.8, 4) is 0 Å². The largest absolute Gasteiger partial charge is 0.467 e. The summed E-state index contributed by atoms with van der Waals surface area (Å²) in [5, 5.41) is 8.38. The van der Waals surface area contributed by atoms with E-state index in [0.717, 1.165) is 35.7 Å². The Morgan fingerprint density at radius 2 is 1.97 bits per heavy atom. The Bertz CT molecular complexity index is 1060. The number of carbonyl (C=O) groups is 3. The molecule has 10 heteroatoms. The number of benzene rings is 2. The van der Waals surface area contributed by atoms with Crippen LogP contribution in [0.4, 0.5) is 0 Å². The first kappa shape index (κ1) is 29.1. The second-order valence-corrected chi connectivity index (χ2v) is 10.3. The zero-order valence-corrected chi connectivity index (χ0v) is 22.5. The Kier molecular flexibility index (Phi) is 11.3. The summed E-state index contributed by atoms with van der Waals surface area (Å²) in [7, 11) is 1.31. The Hall–Kier alpha value is -2.50. The fraction of sp³-hybridized carbons (Fsp3) is 0.519. The highest BCUT2D eigenvalue weighted by Gasteiger charge is 2.38. The number of nitrogens with one attached hydrogen (secondary N) is 2. The minimum atomic E-state index is -0.838. The molecule has 1 amide bonds. The van der Waals surface area contributed by atoms with Gasteiger partial charge in [0.05, 0.1) is 25.7 Å². The quantitative estimate of drug-likeness (QED) is 0.264. The third-order valence-corrected chi connectivity index (χ3v) is 7.46. The van der Waals surface area contributed by atoms with Gasteiger partial charge in [-0.05, 0) is 54.2 Å². The highest BCUT2D eigenvalue weighted by atomic mass is 32.2. The van der Waals surface area contributed by atoms with E-state index in [1.807, 2.05) is 53.6 Å². The molecule has 0 spiro atoms. The van der Waals surface area contributed by atoms with E-state index in [1.54, 1.807) is 11.8 Å². The van der Waals surface area contributed by atoms with Crippen LogP contribution in [0.2, 0.25) is 0 Å². The lowest BCUT2D eigenvalue weighted by Gasteiger charge is -2.36. The Morgan fingerprint density at radius 1 is 1.22 bits per heavy atom. The molecule has 1 aliphatic rings. The van der Waals surface area contributed by atoms with Crippen LogP contribution in [-0.2, 0) is 25.7 Å². The second kappa shape index (κ2) is 14.4. The zero-order valence-electron chi connectivity index (χ0n) is 21.7. The standard InChI is InChI=1S/C27H39N5O4S/c1-36-27(35)23(12-14-37-2)31-24(33)17-32(16-19-9-5-8-18-7-3-4-10-20(18)19)25(22-11-6-13-30-22)26(34)21(29)15-28/h3-5,7-10,21-23,25,30H,6,11-17,28-29H2,1-2H3,(H,31,33)/t21-,22?,23-,25?/m0/s1. The average molecular weight is 530 g/mol. The first-order chi connectivity index (χ1) is 17.9. The van der Waals surface area contributed by atoms with Crippen LogP contribution < -0.4 is 22.1 Å². The molecule has 1 fully saturated rings. The third-order valence-electron chi connectivity index (χ3n) is 6.82. The SMILES string of the molecule is COC(=O)[C@H](CCSC)NC(=O)CN(Cc1cccc2ccccc12)C(C(=O)[C@@H](N)CN)C1CCCN1. The van der Waals surface area contributed by atoms with E-state index in [-0.39, 0.29) is 30.8 Å². The molecule has 6 N–H and O–H groups in total. The van der Waals surface area contributed by atoms with Crippen molar-refractivity contribution in [3.05, 3.63) is 48.0 Å². The number of ether oxygens (including phenoxy) is 1. The lowest BCUT2D eigenvalue weighted by molar-refractivity contribution is -0.145. The summed E-state index contributed by atoms with van der Waals surface area (Å²) in [6.07, 6.45) is 4.11. The molecule has 0 bridgehead atoms. The average Bonchev–Trinajstić information content (AvgIpc) is 3.44. The van der Waals surface area contributed by atoms with Crippen molar-refractivity contribution in [2.75, 3.05) is 38.8 Å². The number of esters is 1. The molecule has 0 aliphatic carbocycles. The van der Waals surface area contributed by atoms with E-state index in [0.29, 0.717) is 18.7 Å². The van der Waals surface area contributed by atoms with Crippen molar-refractivity contribution in [1.29, 1.82) is 0 Å². The number of nitrogens with two attached hydrogens (primary N) is 2. The molecule has 9 nitrogen and oxygen atoms in total. The van der Waals surface area contributed by atoms with E-state index >= 15 is 0 Å². The second-order valence-electron chi connectivity index (χ2n) is 9.36. The van der Waals surface area contributed by atoms with E-state index in [4.69, 9.17) is 16.2 Å². The zero-order chi connectivity index (χ0) is 26.8. The fourth-order valence-corrected chi connectivity index (χ4v) is 5.37. The van der Waals surface area contributed by atoms with Crippen LogP contribution in [0, 0.1) is 0 Å². The van der Waals surface area contributed by atoms with Crippen LogP contribution in [0.25, 0.3) is 10.8 Å². The summed E-state index contributed by atoms with van der Waals surface area (Å²) in [6.45, 7) is 1.09. The molecule has 4 atom stereocenters. The molecule has 1 saturated heterocycles. The van der Waals surface area contributed by atoms with Gasteiger partial charge in [-0.3, -0.25) is 14.5 Å². The van der Waals surface area contributed by atoms with Crippen molar-refractivity contribution in [2.45, 2.75) is 50.0 Å². The van der Waals surface area contributed by atoms with Gasteiger partial charge >= 0.3 is 5.97 Å². The minimum Gasteiger partial charge on any atom is -0.467 e. The Morgan fingerprint density at radius 3 is 2.65 bits per heavy atom. The summed E-state index contributed by atoms with van der Waals surface area (Å²) in [6, 6.07) is 11.7. The van der Waals surface area contributed by atoms with Crippen LogP contribution in [-0.4, -0.2) is 85.5 Å². The first-order valence-electron chi connectivity index (χ1n) is 12.7. The van der Waals surface area contributed by atoms with E-state index in [9.17, 15) is 14.4 Å². The van der Waals surface area contributed by atoms with Crippen molar-refractivity contribution in [2.24, 2.45) is 11.5 Å². The van der Waals surface area contributed by atoms with Gasteiger partial charge in [-0.2, -0.15) is 11.8 Å². The first-order valence-corrected chi connectivity index (χ1v) is 14.1. The van der Waals surface area contributed by atoms with Crippen LogP contribution in [0.5, 0.6) is 0 Å². The van der Waals surface area contributed by atoms with Gasteiger partial charge in [0.15, 0.2) is 5.78 Å². The fourth-order valence-electron chi connectivity index (χ4n) is 4.90. The van der Waals surface area contributed by atoms with Crippen LogP contribution in [0.3, 0.4) is 0 Å². The van der Waals surface area contributed by atoms with Crippen LogP contribution in [0.1, 0.15) is 24.8 Å². The monoisotopic (exact) mass is 529 g/mol. The number of Topliss-reactive ketones (excluding diaryl/α,β-unsaturated/α-hetero) is 1. The van der Waals surface area contributed by atoms with E-state index in [2.05, 4.69) is 10.6 Å². The van der Waals surface area contributed by atoms with Crippen molar-refractivity contribution < 1.29 is 19.1 Å². The molecule has 37 heavy (non-hydrogen) atoms.